The Balaban J connectivity index is 1.76. The van der Waals surface area contributed by atoms with E-state index >= 15 is 0 Å². The molecule has 0 saturated heterocycles. The Morgan fingerprint density at radius 1 is 1.00 bits per heavy atom. The molecule has 0 spiro atoms. The number of nitrogens with one attached hydrogen (secondary N) is 2. The topological polar surface area (TPSA) is 49.8 Å². The van der Waals surface area contributed by atoms with E-state index in [9.17, 15) is 0 Å². The number of hydrogen-bond donors (Lipinski definition) is 2. The Hall–Kier alpha value is -1.32. The molecule has 1 aliphatic rings. The number of anilines is 2. The monoisotopic (exact) mass is 276 g/mol. The highest BCUT2D eigenvalue weighted by Gasteiger charge is 2.19. The second-order valence-corrected chi connectivity index (χ2v) is 5.89. The summed E-state index contributed by atoms with van der Waals surface area (Å²) in [5.74, 6) is 3.63. The van der Waals surface area contributed by atoms with Crippen LogP contribution < -0.4 is 10.6 Å². The van der Waals surface area contributed by atoms with Crippen LogP contribution in [0.25, 0.3) is 0 Å². The third-order valence-electron chi connectivity index (χ3n) is 4.34. The largest absolute Gasteiger partial charge is 0.370 e. The van der Waals surface area contributed by atoms with Gasteiger partial charge in [0.15, 0.2) is 0 Å². The van der Waals surface area contributed by atoms with Gasteiger partial charge in [0, 0.05) is 19.2 Å². The highest BCUT2D eigenvalue weighted by molar-refractivity contribution is 5.46. The molecule has 4 heteroatoms. The summed E-state index contributed by atoms with van der Waals surface area (Å²) in [6.07, 6.45) is 9.60. The van der Waals surface area contributed by atoms with E-state index in [4.69, 9.17) is 0 Å². The predicted molar refractivity (Wildman–Crippen MR) is 85.0 cm³/mol. The van der Waals surface area contributed by atoms with E-state index in [1.165, 1.54) is 32.1 Å². The fourth-order valence-corrected chi connectivity index (χ4v) is 2.90. The molecule has 0 atom stereocenters. The van der Waals surface area contributed by atoms with Gasteiger partial charge in [0.1, 0.15) is 18.0 Å². The summed E-state index contributed by atoms with van der Waals surface area (Å²) in [5.41, 5.74) is 0. The van der Waals surface area contributed by atoms with E-state index in [2.05, 4.69) is 34.4 Å². The van der Waals surface area contributed by atoms with Crippen LogP contribution in [0, 0.1) is 11.8 Å². The first-order valence-electron chi connectivity index (χ1n) is 8.11. The van der Waals surface area contributed by atoms with Crippen molar-refractivity contribution in [2.75, 3.05) is 23.7 Å². The average Bonchev–Trinajstić information content (AvgIpc) is 2.52. The number of hydrogen-bond acceptors (Lipinski definition) is 4. The Bertz CT molecular complexity index is 386. The molecule has 112 valence electrons. The zero-order valence-corrected chi connectivity index (χ0v) is 12.9. The Labute approximate surface area is 122 Å². The molecule has 0 amide bonds. The van der Waals surface area contributed by atoms with Crippen molar-refractivity contribution >= 4 is 11.6 Å². The van der Waals surface area contributed by atoms with Crippen LogP contribution in [-0.2, 0) is 0 Å². The molecule has 1 heterocycles. The summed E-state index contributed by atoms with van der Waals surface area (Å²) in [7, 11) is 0. The molecule has 1 aromatic heterocycles. The molecule has 1 fully saturated rings. The maximum Gasteiger partial charge on any atom is 0.131 e. The maximum absolute atomic E-state index is 4.30. The van der Waals surface area contributed by atoms with Crippen molar-refractivity contribution in [3.05, 3.63) is 12.4 Å². The van der Waals surface area contributed by atoms with E-state index in [1.54, 1.807) is 6.33 Å². The van der Waals surface area contributed by atoms with Gasteiger partial charge in [-0.1, -0.05) is 33.1 Å². The lowest BCUT2D eigenvalue weighted by atomic mass is 9.81. The predicted octanol–water partition coefficient (Wildman–Crippen LogP) is 3.93. The SMILES string of the molecule is CCCNc1cc(NCC2CCC(CC)CC2)ncn1. The summed E-state index contributed by atoms with van der Waals surface area (Å²) in [5, 5.41) is 6.77. The fraction of sp³-hybridized carbons (Fsp3) is 0.750. The van der Waals surface area contributed by atoms with Crippen LogP contribution in [0.1, 0.15) is 52.4 Å². The number of rotatable bonds is 7. The smallest absolute Gasteiger partial charge is 0.131 e. The second-order valence-electron chi connectivity index (χ2n) is 5.89. The van der Waals surface area contributed by atoms with Gasteiger partial charge in [-0.2, -0.15) is 0 Å². The fourth-order valence-electron chi connectivity index (χ4n) is 2.90. The van der Waals surface area contributed by atoms with Crippen molar-refractivity contribution in [2.24, 2.45) is 11.8 Å². The van der Waals surface area contributed by atoms with Crippen LogP contribution in [0.4, 0.5) is 11.6 Å². The summed E-state index contributed by atoms with van der Waals surface area (Å²) >= 11 is 0. The van der Waals surface area contributed by atoms with Crippen LogP contribution in [0.3, 0.4) is 0 Å². The van der Waals surface area contributed by atoms with Crippen molar-refractivity contribution in [3.8, 4) is 0 Å². The third kappa shape index (κ3) is 4.66. The molecule has 2 N–H and O–H groups in total. The molecule has 0 aromatic carbocycles. The summed E-state index contributed by atoms with van der Waals surface area (Å²) in [6, 6.07) is 2.01. The quantitative estimate of drug-likeness (QED) is 0.792. The molecule has 1 aromatic rings. The van der Waals surface area contributed by atoms with Gasteiger partial charge < -0.3 is 10.6 Å². The molecule has 0 aliphatic heterocycles. The van der Waals surface area contributed by atoms with Crippen LogP contribution in [0.2, 0.25) is 0 Å². The molecule has 1 saturated carbocycles. The Kier molecular flexibility index (Phi) is 6.09. The highest BCUT2D eigenvalue weighted by atomic mass is 15.1. The second kappa shape index (κ2) is 8.08. The molecular formula is C16H28N4. The first kappa shape index (κ1) is 15.1. The molecule has 1 aliphatic carbocycles. The summed E-state index contributed by atoms with van der Waals surface area (Å²) < 4.78 is 0. The number of aromatic nitrogens is 2. The van der Waals surface area contributed by atoms with E-state index in [-0.39, 0.29) is 0 Å². The molecule has 2 rings (SSSR count). The zero-order chi connectivity index (χ0) is 14.2. The third-order valence-corrected chi connectivity index (χ3v) is 4.34. The lowest BCUT2D eigenvalue weighted by Crippen LogP contribution is -2.21. The lowest BCUT2D eigenvalue weighted by molar-refractivity contribution is 0.278. The van der Waals surface area contributed by atoms with Crippen molar-refractivity contribution in [1.29, 1.82) is 0 Å². The van der Waals surface area contributed by atoms with Gasteiger partial charge in [0.05, 0.1) is 0 Å². The van der Waals surface area contributed by atoms with Crippen molar-refractivity contribution in [3.63, 3.8) is 0 Å². The van der Waals surface area contributed by atoms with Crippen LogP contribution in [0.15, 0.2) is 12.4 Å². The van der Waals surface area contributed by atoms with Gasteiger partial charge in [0.25, 0.3) is 0 Å². The Morgan fingerprint density at radius 2 is 1.65 bits per heavy atom. The normalized spacial score (nSPS) is 22.5. The molecule has 0 unspecified atom stereocenters. The minimum atomic E-state index is 0.805. The minimum absolute atomic E-state index is 0.805. The van der Waals surface area contributed by atoms with Crippen LogP contribution >= 0.6 is 0 Å². The molecule has 20 heavy (non-hydrogen) atoms. The van der Waals surface area contributed by atoms with E-state index in [0.29, 0.717) is 0 Å². The van der Waals surface area contributed by atoms with Gasteiger partial charge in [-0.25, -0.2) is 9.97 Å². The van der Waals surface area contributed by atoms with E-state index in [0.717, 1.165) is 43.0 Å². The van der Waals surface area contributed by atoms with Crippen LogP contribution in [-0.4, -0.2) is 23.1 Å². The first-order chi connectivity index (χ1) is 9.81. The summed E-state index contributed by atoms with van der Waals surface area (Å²) in [4.78, 5) is 8.53. The zero-order valence-electron chi connectivity index (χ0n) is 12.9. The van der Waals surface area contributed by atoms with Gasteiger partial charge in [-0.05, 0) is 31.1 Å². The summed E-state index contributed by atoms with van der Waals surface area (Å²) in [6.45, 7) is 6.47. The van der Waals surface area contributed by atoms with Gasteiger partial charge in [-0.15, -0.1) is 0 Å². The highest BCUT2D eigenvalue weighted by Crippen LogP contribution is 2.30. The minimum Gasteiger partial charge on any atom is -0.370 e. The maximum atomic E-state index is 4.30. The molecular weight excluding hydrogens is 248 g/mol. The van der Waals surface area contributed by atoms with Crippen molar-refractivity contribution < 1.29 is 0 Å². The average molecular weight is 276 g/mol. The molecule has 4 nitrogen and oxygen atoms in total. The van der Waals surface area contributed by atoms with E-state index < -0.39 is 0 Å². The van der Waals surface area contributed by atoms with Crippen LogP contribution in [0.5, 0.6) is 0 Å². The van der Waals surface area contributed by atoms with E-state index in [1.807, 2.05) is 6.07 Å². The first-order valence-corrected chi connectivity index (χ1v) is 8.11. The van der Waals surface area contributed by atoms with Crippen molar-refractivity contribution in [2.45, 2.75) is 52.4 Å². The van der Waals surface area contributed by atoms with Gasteiger partial charge in [0.2, 0.25) is 0 Å². The number of nitrogens with zero attached hydrogens (tertiary/aromatic N) is 2. The van der Waals surface area contributed by atoms with Gasteiger partial charge >= 0.3 is 0 Å². The lowest BCUT2D eigenvalue weighted by Gasteiger charge is -2.28. The standard InChI is InChI=1S/C16H28N4/c1-3-9-17-15-10-16(20-12-19-15)18-11-14-7-5-13(4-2)6-8-14/h10,12-14H,3-9,11H2,1-2H3,(H2,17,18,19,20). The Morgan fingerprint density at radius 3 is 2.30 bits per heavy atom. The van der Waals surface area contributed by atoms with Crippen molar-refractivity contribution in [1.82, 2.24) is 9.97 Å². The molecule has 0 radical (unpaired) electrons. The molecule has 0 bridgehead atoms. The van der Waals surface area contributed by atoms with Gasteiger partial charge in [-0.3, -0.25) is 0 Å².